The number of halogens is 2. The number of esters is 1. The summed E-state index contributed by atoms with van der Waals surface area (Å²) in [5.74, 6) is -2.49. The van der Waals surface area contributed by atoms with E-state index in [1.807, 2.05) is 0 Å². The molecule has 2 amide bonds. The van der Waals surface area contributed by atoms with E-state index in [1.165, 1.54) is 37.4 Å². The molecule has 1 aliphatic rings. The number of carbonyl (C=O) groups is 3. The third-order valence-electron chi connectivity index (χ3n) is 4.94. The molecule has 0 radical (unpaired) electrons. The van der Waals surface area contributed by atoms with Crippen LogP contribution in [-0.2, 0) is 16.1 Å². The highest BCUT2D eigenvalue weighted by Crippen LogP contribution is 2.32. The summed E-state index contributed by atoms with van der Waals surface area (Å²) in [5.41, 5.74) is 0.841. The number of carbonyl (C=O) groups excluding carboxylic acids is 3. The van der Waals surface area contributed by atoms with Crippen LogP contribution in [0.1, 0.15) is 33.3 Å². The summed E-state index contributed by atoms with van der Waals surface area (Å²) in [6.45, 7) is 1.59. The molecule has 34 heavy (non-hydrogen) atoms. The molecule has 1 aromatic carbocycles. The first-order valence-corrected chi connectivity index (χ1v) is 10.2. The lowest BCUT2D eigenvalue weighted by molar-refractivity contribution is -0.140. The number of pyridine rings is 2. The fraction of sp³-hybridized carbons (Fsp3) is 0.174. The first-order valence-electron chi connectivity index (χ1n) is 10.2. The van der Waals surface area contributed by atoms with Gasteiger partial charge in [-0.25, -0.2) is 18.7 Å². The number of rotatable bonds is 7. The van der Waals surface area contributed by atoms with Crippen LogP contribution < -0.4 is 16.0 Å². The van der Waals surface area contributed by atoms with Gasteiger partial charge in [0.2, 0.25) is 0 Å². The Morgan fingerprint density at radius 1 is 1.15 bits per heavy atom. The average molecular weight is 467 g/mol. The van der Waals surface area contributed by atoms with Crippen molar-refractivity contribution in [3.8, 4) is 11.3 Å². The summed E-state index contributed by atoms with van der Waals surface area (Å²) in [4.78, 5) is 43.7. The molecule has 3 heterocycles. The molecule has 3 N–H and O–H groups in total. The zero-order chi connectivity index (χ0) is 24.2. The van der Waals surface area contributed by atoms with E-state index in [0.717, 1.165) is 12.1 Å². The molecule has 11 heteroatoms. The molecular weight excluding hydrogens is 448 g/mol. The summed E-state index contributed by atoms with van der Waals surface area (Å²) in [6, 6.07) is 7.91. The Bertz CT molecular complexity index is 1260. The normalized spacial score (nSPS) is 12.0. The average Bonchev–Trinajstić information content (AvgIpc) is 3.18. The van der Waals surface area contributed by atoms with Crippen LogP contribution in [0.15, 0.2) is 42.6 Å². The number of aromatic nitrogens is 2. The summed E-state index contributed by atoms with van der Waals surface area (Å²) >= 11 is 0. The van der Waals surface area contributed by atoms with Crippen LogP contribution in [-0.4, -0.2) is 40.9 Å². The molecular formula is C23H19F2N5O4. The van der Waals surface area contributed by atoms with Gasteiger partial charge in [-0.15, -0.1) is 0 Å². The third-order valence-corrected chi connectivity index (χ3v) is 4.94. The number of nitrogens with one attached hydrogen (secondary N) is 3. The highest BCUT2D eigenvalue weighted by Gasteiger charge is 2.27. The number of fused-ring (bicyclic) bond motifs is 1. The van der Waals surface area contributed by atoms with Gasteiger partial charge in [0.05, 0.1) is 46.9 Å². The van der Waals surface area contributed by atoms with E-state index in [-0.39, 0.29) is 53.7 Å². The molecule has 0 bridgehead atoms. The monoisotopic (exact) mass is 467 g/mol. The minimum atomic E-state index is -0.780. The lowest BCUT2D eigenvalue weighted by atomic mass is 10.1. The molecule has 0 unspecified atom stereocenters. The maximum atomic E-state index is 14.3. The quantitative estimate of drug-likeness (QED) is 0.361. The van der Waals surface area contributed by atoms with E-state index in [9.17, 15) is 23.2 Å². The highest BCUT2D eigenvalue weighted by molar-refractivity contribution is 6.04. The molecule has 3 aromatic rings. The van der Waals surface area contributed by atoms with Crippen LogP contribution in [0.5, 0.6) is 0 Å². The number of anilines is 2. The minimum Gasteiger partial charge on any atom is -0.464 e. The summed E-state index contributed by atoms with van der Waals surface area (Å²) in [7, 11) is 0. The predicted molar refractivity (Wildman–Crippen MR) is 117 cm³/mol. The van der Waals surface area contributed by atoms with Crippen LogP contribution in [0.3, 0.4) is 0 Å². The van der Waals surface area contributed by atoms with Crippen molar-refractivity contribution in [2.45, 2.75) is 13.5 Å². The van der Waals surface area contributed by atoms with Crippen LogP contribution in [0.25, 0.3) is 11.3 Å². The van der Waals surface area contributed by atoms with Gasteiger partial charge in [-0.1, -0.05) is 6.07 Å². The molecule has 0 aliphatic carbocycles. The van der Waals surface area contributed by atoms with Gasteiger partial charge in [0.15, 0.2) is 0 Å². The van der Waals surface area contributed by atoms with Crippen molar-refractivity contribution in [3.05, 3.63) is 71.1 Å². The molecule has 2 aromatic heterocycles. The van der Waals surface area contributed by atoms with Crippen molar-refractivity contribution in [1.82, 2.24) is 20.6 Å². The molecule has 0 saturated heterocycles. The van der Waals surface area contributed by atoms with Gasteiger partial charge in [0.25, 0.3) is 11.8 Å². The van der Waals surface area contributed by atoms with Gasteiger partial charge in [-0.05, 0) is 30.3 Å². The molecule has 0 spiro atoms. The number of nitrogens with zero attached hydrogens (tertiary/aromatic N) is 2. The zero-order valence-corrected chi connectivity index (χ0v) is 17.9. The number of ether oxygens (including phenoxy) is 1. The SMILES string of the molecule is CC(=O)OCCNC(=O)c1ccc(Nc2cc(-c3c(F)cccc3F)nc3c2C(=O)NC3)nc1. The third kappa shape index (κ3) is 4.82. The lowest BCUT2D eigenvalue weighted by Crippen LogP contribution is -2.27. The topological polar surface area (TPSA) is 122 Å². The Kier molecular flexibility index (Phi) is 6.44. The summed E-state index contributed by atoms with van der Waals surface area (Å²) < 4.78 is 33.4. The van der Waals surface area contributed by atoms with E-state index in [1.54, 1.807) is 0 Å². The molecule has 1 aliphatic heterocycles. The van der Waals surface area contributed by atoms with Crippen LogP contribution in [0.2, 0.25) is 0 Å². The first-order chi connectivity index (χ1) is 16.3. The lowest BCUT2D eigenvalue weighted by Gasteiger charge is -2.13. The van der Waals surface area contributed by atoms with Gasteiger partial charge in [-0.2, -0.15) is 0 Å². The number of hydrogen-bond donors (Lipinski definition) is 3. The Hall–Kier alpha value is -4.41. The smallest absolute Gasteiger partial charge is 0.302 e. The Labute approximate surface area is 192 Å². The van der Waals surface area contributed by atoms with Gasteiger partial charge in [0.1, 0.15) is 24.1 Å². The van der Waals surface area contributed by atoms with Gasteiger partial charge < -0.3 is 20.7 Å². The van der Waals surface area contributed by atoms with E-state index in [0.29, 0.717) is 11.5 Å². The maximum absolute atomic E-state index is 14.3. The fourth-order valence-corrected chi connectivity index (χ4v) is 3.40. The second-order valence-electron chi connectivity index (χ2n) is 7.31. The van der Waals surface area contributed by atoms with Crippen molar-refractivity contribution >= 4 is 29.3 Å². The van der Waals surface area contributed by atoms with E-state index in [2.05, 4.69) is 25.9 Å². The second-order valence-corrected chi connectivity index (χ2v) is 7.31. The van der Waals surface area contributed by atoms with Crippen LogP contribution in [0, 0.1) is 11.6 Å². The molecule has 4 rings (SSSR count). The van der Waals surface area contributed by atoms with E-state index in [4.69, 9.17) is 4.74 Å². The summed E-state index contributed by atoms with van der Waals surface area (Å²) in [5, 5.41) is 8.20. The van der Waals surface area contributed by atoms with Crippen LogP contribution >= 0.6 is 0 Å². The largest absolute Gasteiger partial charge is 0.464 e. The van der Waals surface area contributed by atoms with Gasteiger partial charge in [0, 0.05) is 13.1 Å². The van der Waals surface area contributed by atoms with Crippen molar-refractivity contribution in [3.63, 3.8) is 0 Å². The molecule has 0 saturated carbocycles. The fourth-order valence-electron chi connectivity index (χ4n) is 3.40. The van der Waals surface area contributed by atoms with E-state index >= 15 is 0 Å². The minimum absolute atomic E-state index is 0.0251. The van der Waals surface area contributed by atoms with Crippen molar-refractivity contribution in [2.75, 3.05) is 18.5 Å². The zero-order valence-electron chi connectivity index (χ0n) is 17.9. The molecule has 9 nitrogen and oxygen atoms in total. The maximum Gasteiger partial charge on any atom is 0.302 e. The van der Waals surface area contributed by atoms with Crippen molar-refractivity contribution < 1.29 is 27.9 Å². The van der Waals surface area contributed by atoms with Crippen molar-refractivity contribution in [2.24, 2.45) is 0 Å². The highest BCUT2D eigenvalue weighted by atomic mass is 19.1. The molecule has 174 valence electrons. The molecule has 0 fully saturated rings. The second kappa shape index (κ2) is 9.61. The Balaban J connectivity index is 1.57. The number of amides is 2. The summed E-state index contributed by atoms with van der Waals surface area (Å²) in [6.07, 6.45) is 1.32. The standard InChI is InChI=1S/C23H19F2N5O4/c1-12(31)34-8-7-26-22(32)13-5-6-19(27-10-13)30-17-9-16(20-14(24)3-2-4-15(20)25)29-18-11-28-23(33)21(17)18/h2-6,9-10H,7-8,11H2,1H3,(H,26,32)(H,28,33)(H,27,29,30). The van der Waals surface area contributed by atoms with Crippen molar-refractivity contribution in [1.29, 1.82) is 0 Å². The Morgan fingerprint density at radius 3 is 2.59 bits per heavy atom. The predicted octanol–water partition coefficient (Wildman–Crippen LogP) is 2.70. The molecule has 0 atom stereocenters. The Morgan fingerprint density at radius 2 is 1.91 bits per heavy atom. The first kappa shape index (κ1) is 22.8. The number of hydrogen-bond acceptors (Lipinski definition) is 7. The van der Waals surface area contributed by atoms with Crippen LogP contribution in [0.4, 0.5) is 20.3 Å². The van der Waals surface area contributed by atoms with Gasteiger partial charge >= 0.3 is 5.97 Å². The number of benzene rings is 1. The van der Waals surface area contributed by atoms with E-state index < -0.39 is 23.5 Å². The van der Waals surface area contributed by atoms with Gasteiger partial charge in [-0.3, -0.25) is 14.4 Å².